The third-order valence-electron chi connectivity index (χ3n) is 1.63. The fourth-order valence-electron chi connectivity index (χ4n) is 0.805. The molecule has 0 aromatic heterocycles. The Morgan fingerprint density at radius 1 is 1.21 bits per heavy atom. The Kier molecular flexibility index (Phi) is 2.97. The maximum atomic E-state index is 11.6. The lowest BCUT2D eigenvalue weighted by Gasteiger charge is -2.08. The van der Waals surface area contributed by atoms with E-state index in [1.54, 1.807) is 5.43 Å². The molecule has 1 aliphatic carbocycles. The second-order valence-electron chi connectivity index (χ2n) is 3.10. The number of alkyl halides is 3. The zero-order valence-corrected chi connectivity index (χ0v) is 7.15. The summed E-state index contributed by atoms with van der Waals surface area (Å²) in [6.07, 6.45) is -4.69. The minimum Gasteiger partial charge on any atom is -0.273 e. The van der Waals surface area contributed by atoms with E-state index in [0.29, 0.717) is 0 Å². The fourth-order valence-corrected chi connectivity index (χ4v) is 0.805. The lowest BCUT2D eigenvalue weighted by atomic mass is 10.4. The molecule has 7 heteroatoms. The van der Waals surface area contributed by atoms with E-state index in [1.807, 2.05) is 5.43 Å². The van der Waals surface area contributed by atoms with Gasteiger partial charge in [-0.3, -0.25) is 20.4 Å². The van der Waals surface area contributed by atoms with E-state index in [2.05, 4.69) is 0 Å². The van der Waals surface area contributed by atoms with Crippen LogP contribution in [0.2, 0.25) is 0 Å². The van der Waals surface area contributed by atoms with Gasteiger partial charge in [-0.25, -0.2) is 0 Å². The van der Waals surface area contributed by atoms with E-state index >= 15 is 0 Å². The third-order valence-corrected chi connectivity index (χ3v) is 1.63. The quantitative estimate of drug-likeness (QED) is 0.652. The number of hydrogen-bond donors (Lipinski definition) is 2. The van der Waals surface area contributed by atoms with Crippen LogP contribution in [0.4, 0.5) is 13.2 Å². The molecule has 2 amide bonds. The van der Waals surface area contributed by atoms with Crippen LogP contribution in [0.1, 0.15) is 19.3 Å². The van der Waals surface area contributed by atoms with Crippen LogP contribution in [-0.2, 0) is 9.59 Å². The predicted molar refractivity (Wildman–Crippen MR) is 39.7 cm³/mol. The molecule has 14 heavy (non-hydrogen) atoms. The highest BCUT2D eigenvalue weighted by Crippen LogP contribution is 2.28. The second kappa shape index (κ2) is 3.85. The van der Waals surface area contributed by atoms with Crippen molar-refractivity contribution < 1.29 is 22.8 Å². The molecule has 1 fully saturated rings. The lowest BCUT2D eigenvalue weighted by Crippen LogP contribution is -2.43. The summed E-state index contributed by atoms with van der Waals surface area (Å²) in [6, 6.07) is 0. The first kappa shape index (κ1) is 10.8. The van der Waals surface area contributed by atoms with Gasteiger partial charge in [-0.2, -0.15) is 13.2 Å². The summed E-state index contributed by atoms with van der Waals surface area (Å²) in [4.78, 5) is 21.4. The van der Waals surface area contributed by atoms with E-state index in [-0.39, 0.29) is 5.92 Å². The molecular formula is C7H9F3N2O2. The Hall–Kier alpha value is -1.27. The fraction of sp³-hybridized carbons (Fsp3) is 0.714. The highest BCUT2D eigenvalue weighted by molar-refractivity contribution is 5.84. The van der Waals surface area contributed by atoms with Crippen molar-refractivity contribution >= 4 is 11.8 Å². The average molecular weight is 210 g/mol. The molecule has 4 nitrogen and oxygen atoms in total. The zero-order chi connectivity index (χ0) is 10.8. The Labute approximate surface area is 77.8 Å². The van der Waals surface area contributed by atoms with Gasteiger partial charge in [0, 0.05) is 5.92 Å². The van der Waals surface area contributed by atoms with Crippen molar-refractivity contribution in [3.63, 3.8) is 0 Å². The van der Waals surface area contributed by atoms with E-state index in [4.69, 9.17) is 0 Å². The first-order chi connectivity index (χ1) is 6.38. The SMILES string of the molecule is O=C(CC(F)(F)F)NNC(=O)C1CC1. The van der Waals surface area contributed by atoms with Gasteiger partial charge in [0.15, 0.2) is 0 Å². The van der Waals surface area contributed by atoms with Gasteiger partial charge >= 0.3 is 6.18 Å². The van der Waals surface area contributed by atoms with Gasteiger partial charge in [0.05, 0.1) is 0 Å². The minimum absolute atomic E-state index is 0.152. The number of rotatable bonds is 2. The molecule has 0 heterocycles. The Morgan fingerprint density at radius 3 is 2.21 bits per heavy atom. The van der Waals surface area contributed by atoms with Crippen LogP contribution in [0.25, 0.3) is 0 Å². The van der Waals surface area contributed by atoms with Crippen LogP contribution in [0.5, 0.6) is 0 Å². The van der Waals surface area contributed by atoms with Gasteiger partial charge in [0.1, 0.15) is 6.42 Å². The van der Waals surface area contributed by atoms with Crippen LogP contribution >= 0.6 is 0 Å². The predicted octanol–water partition coefficient (Wildman–Crippen LogP) is 0.496. The van der Waals surface area contributed by atoms with Crippen molar-refractivity contribution in [2.24, 2.45) is 5.92 Å². The first-order valence-electron chi connectivity index (χ1n) is 4.04. The normalized spacial score (nSPS) is 16.2. The van der Waals surface area contributed by atoms with Crippen LogP contribution in [0, 0.1) is 5.92 Å². The summed E-state index contributed by atoms with van der Waals surface area (Å²) in [5.41, 5.74) is 3.63. The molecule has 1 saturated carbocycles. The van der Waals surface area contributed by atoms with Gasteiger partial charge in [0.2, 0.25) is 11.8 Å². The van der Waals surface area contributed by atoms with Gasteiger partial charge in [-0.1, -0.05) is 0 Å². The van der Waals surface area contributed by atoms with Crippen molar-refractivity contribution in [2.45, 2.75) is 25.4 Å². The lowest BCUT2D eigenvalue weighted by molar-refractivity contribution is -0.155. The molecule has 0 aromatic carbocycles. The number of halogens is 3. The highest BCUT2D eigenvalue weighted by Gasteiger charge is 2.33. The van der Waals surface area contributed by atoms with E-state index in [1.165, 1.54) is 0 Å². The number of hydrogen-bond acceptors (Lipinski definition) is 2. The van der Waals surface area contributed by atoms with Gasteiger partial charge in [-0.05, 0) is 12.8 Å². The van der Waals surface area contributed by atoms with Crippen molar-refractivity contribution in [3.8, 4) is 0 Å². The third kappa shape index (κ3) is 4.11. The van der Waals surface area contributed by atoms with Crippen LogP contribution < -0.4 is 10.9 Å². The summed E-state index contributed by atoms with van der Waals surface area (Å²) < 4.78 is 34.9. The van der Waals surface area contributed by atoms with Crippen LogP contribution in [0.3, 0.4) is 0 Å². The molecule has 0 atom stereocenters. The summed E-state index contributed by atoms with van der Waals surface area (Å²) in [7, 11) is 0. The first-order valence-corrected chi connectivity index (χ1v) is 4.04. The number of carbonyl (C=O) groups excluding carboxylic acids is 2. The van der Waals surface area contributed by atoms with Gasteiger partial charge in [0.25, 0.3) is 0 Å². The average Bonchev–Trinajstić information content (AvgIpc) is 2.78. The molecule has 2 N–H and O–H groups in total. The minimum atomic E-state index is -4.55. The van der Waals surface area contributed by atoms with Crippen molar-refractivity contribution in [1.82, 2.24) is 10.9 Å². The van der Waals surface area contributed by atoms with Gasteiger partial charge < -0.3 is 0 Å². The van der Waals surface area contributed by atoms with Crippen molar-refractivity contribution in [3.05, 3.63) is 0 Å². The van der Waals surface area contributed by atoms with E-state index in [9.17, 15) is 22.8 Å². The highest BCUT2D eigenvalue weighted by atomic mass is 19.4. The molecule has 1 rings (SSSR count). The molecule has 80 valence electrons. The monoisotopic (exact) mass is 210 g/mol. The molecular weight excluding hydrogens is 201 g/mol. The Balaban J connectivity index is 2.17. The molecule has 0 unspecified atom stereocenters. The summed E-state index contributed by atoms with van der Waals surface area (Å²) in [5, 5.41) is 0. The van der Waals surface area contributed by atoms with E-state index in [0.717, 1.165) is 12.8 Å². The van der Waals surface area contributed by atoms with Crippen molar-refractivity contribution in [1.29, 1.82) is 0 Å². The standard InChI is InChI=1S/C7H9F3N2O2/c8-7(9,10)3-5(13)11-12-6(14)4-1-2-4/h4H,1-3H2,(H,11,13)(H,12,14). The summed E-state index contributed by atoms with van der Waals surface area (Å²) in [6.45, 7) is 0. The van der Waals surface area contributed by atoms with Crippen LogP contribution in [0.15, 0.2) is 0 Å². The van der Waals surface area contributed by atoms with Crippen LogP contribution in [-0.4, -0.2) is 18.0 Å². The summed E-state index contributed by atoms with van der Waals surface area (Å²) in [5.74, 6) is -1.84. The van der Waals surface area contributed by atoms with Crippen molar-refractivity contribution in [2.75, 3.05) is 0 Å². The molecule has 0 aromatic rings. The topological polar surface area (TPSA) is 58.2 Å². The van der Waals surface area contributed by atoms with Gasteiger partial charge in [-0.15, -0.1) is 0 Å². The number of hydrazine groups is 1. The maximum Gasteiger partial charge on any atom is 0.397 e. The molecule has 0 spiro atoms. The number of nitrogens with one attached hydrogen (secondary N) is 2. The molecule has 0 radical (unpaired) electrons. The number of amides is 2. The maximum absolute atomic E-state index is 11.6. The van der Waals surface area contributed by atoms with E-state index < -0.39 is 24.4 Å². The molecule has 0 bridgehead atoms. The smallest absolute Gasteiger partial charge is 0.273 e. The largest absolute Gasteiger partial charge is 0.397 e. The Bertz CT molecular complexity index is 248. The summed E-state index contributed by atoms with van der Waals surface area (Å²) >= 11 is 0. The number of carbonyl (C=O) groups is 2. The molecule has 0 aliphatic heterocycles. The molecule has 0 saturated heterocycles. The Morgan fingerprint density at radius 2 is 1.79 bits per heavy atom. The second-order valence-corrected chi connectivity index (χ2v) is 3.10. The molecule has 1 aliphatic rings. The zero-order valence-electron chi connectivity index (χ0n) is 7.15.